The maximum absolute atomic E-state index is 13.1. The molecule has 27 heavy (non-hydrogen) atoms. The number of rotatable bonds is 5. The second-order valence-corrected chi connectivity index (χ2v) is 8.30. The summed E-state index contributed by atoms with van der Waals surface area (Å²) in [4.78, 5) is 22.1. The molecule has 3 heterocycles. The second kappa shape index (κ2) is 8.44. The van der Waals surface area contributed by atoms with Gasteiger partial charge in [0.1, 0.15) is 10.8 Å². The quantitative estimate of drug-likeness (QED) is 0.734. The van der Waals surface area contributed by atoms with Gasteiger partial charge in [-0.25, -0.2) is 4.98 Å². The van der Waals surface area contributed by atoms with Gasteiger partial charge in [-0.05, 0) is 31.9 Å². The van der Waals surface area contributed by atoms with Gasteiger partial charge in [-0.1, -0.05) is 29.8 Å². The van der Waals surface area contributed by atoms with Crippen molar-refractivity contribution in [3.05, 3.63) is 41.4 Å². The third-order valence-electron chi connectivity index (χ3n) is 5.48. The van der Waals surface area contributed by atoms with E-state index >= 15 is 0 Å². The fourth-order valence-corrected chi connectivity index (χ4v) is 4.89. The number of pyridine rings is 1. The zero-order chi connectivity index (χ0) is 18.6. The van der Waals surface area contributed by atoms with Crippen LogP contribution in [0.5, 0.6) is 0 Å². The topological polar surface area (TPSA) is 62.5 Å². The van der Waals surface area contributed by atoms with E-state index in [0.29, 0.717) is 11.3 Å². The van der Waals surface area contributed by atoms with Gasteiger partial charge in [0.25, 0.3) is 5.91 Å². The second-order valence-electron chi connectivity index (χ2n) is 7.34. The number of nitrogens with zero attached hydrogens (tertiary/aromatic N) is 4. The van der Waals surface area contributed by atoms with Gasteiger partial charge in [0.2, 0.25) is 0 Å². The SMILES string of the molecule is Cc1cc(CSc2ncccc2C(=O)N2CCN(C3CCCC3)CC2)no1. The van der Waals surface area contributed by atoms with E-state index in [4.69, 9.17) is 4.52 Å². The van der Waals surface area contributed by atoms with Crippen molar-refractivity contribution >= 4 is 17.7 Å². The van der Waals surface area contributed by atoms with Crippen LogP contribution < -0.4 is 0 Å². The lowest BCUT2D eigenvalue weighted by molar-refractivity contribution is 0.0569. The number of hydrogen-bond donors (Lipinski definition) is 0. The summed E-state index contributed by atoms with van der Waals surface area (Å²) < 4.78 is 5.11. The molecule has 1 saturated carbocycles. The summed E-state index contributed by atoms with van der Waals surface area (Å²) in [5, 5.41) is 4.78. The molecule has 0 atom stereocenters. The van der Waals surface area contributed by atoms with Crippen LogP contribution >= 0.6 is 11.8 Å². The molecule has 1 aliphatic heterocycles. The van der Waals surface area contributed by atoms with Crippen LogP contribution in [-0.2, 0) is 5.75 Å². The summed E-state index contributed by atoms with van der Waals surface area (Å²) in [6.07, 6.45) is 7.08. The zero-order valence-corrected chi connectivity index (χ0v) is 16.6. The molecule has 7 heteroatoms. The van der Waals surface area contributed by atoms with E-state index in [-0.39, 0.29) is 5.91 Å². The molecule has 0 spiro atoms. The van der Waals surface area contributed by atoms with Crippen molar-refractivity contribution in [2.24, 2.45) is 0 Å². The molecular weight excluding hydrogens is 360 g/mol. The Morgan fingerprint density at radius 2 is 2.04 bits per heavy atom. The maximum Gasteiger partial charge on any atom is 0.256 e. The Kier molecular flexibility index (Phi) is 5.78. The van der Waals surface area contributed by atoms with Crippen LogP contribution in [-0.4, -0.2) is 58.1 Å². The van der Waals surface area contributed by atoms with E-state index in [0.717, 1.165) is 48.7 Å². The largest absolute Gasteiger partial charge is 0.361 e. The lowest BCUT2D eigenvalue weighted by atomic mass is 10.1. The number of thioether (sulfide) groups is 1. The Morgan fingerprint density at radius 1 is 1.26 bits per heavy atom. The Balaban J connectivity index is 1.38. The smallest absolute Gasteiger partial charge is 0.256 e. The first-order chi connectivity index (χ1) is 13.2. The van der Waals surface area contributed by atoms with Crippen molar-refractivity contribution in [3.8, 4) is 0 Å². The summed E-state index contributed by atoms with van der Waals surface area (Å²) >= 11 is 1.54. The average Bonchev–Trinajstić information content (AvgIpc) is 3.38. The molecule has 1 aliphatic carbocycles. The molecule has 0 radical (unpaired) electrons. The molecule has 2 aromatic rings. The molecule has 144 valence electrons. The van der Waals surface area contributed by atoms with E-state index in [1.54, 1.807) is 6.20 Å². The van der Waals surface area contributed by atoms with Gasteiger partial charge in [-0.2, -0.15) is 0 Å². The highest BCUT2D eigenvalue weighted by molar-refractivity contribution is 7.98. The number of carbonyl (C=O) groups excluding carboxylic acids is 1. The number of hydrogen-bond acceptors (Lipinski definition) is 6. The Bertz CT molecular complexity index is 780. The number of piperazine rings is 1. The number of amides is 1. The van der Waals surface area contributed by atoms with Crippen LogP contribution in [0.15, 0.2) is 33.9 Å². The Morgan fingerprint density at radius 3 is 2.74 bits per heavy atom. The first-order valence-electron chi connectivity index (χ1n) is 9.74. The normalized spacial score (nSPS) is 18.9. The molecule has 1 saturated heterocycles. The molecule has 0 aromatic carbocycles. The molecule has 0 bridgehead atoms. The first kappa shape index (κ1) is 18.5. The van der Waals surface area contributed by atoms with Gasteiger partial charge in [-0.3, -0.25) is 9.69 Å². The van der Waals surface area contributed by atoms with Crippen molar-refractivity contribution in [3.63, 3.8) is 0 Å². The minimum absolute atomic E-state index is 0.0907. The van der Waals surface area contributed by atoms with E-state index < -0.39 is 0 Å². The zero-order valence-electron chi connectivity index (χ0n) is 15.8. The molecule has 0 unspecified atom stereocenters. The van der Waals surface area contributed by atoms with Crippen LogP contribution in [0.3, 0.4) is 0 Å². The number of aryl methyl sites for hydroxylation is 1. The lowest BCUT2D eigenvalue weighted by Gasteiger charge is -2.38. The summed E-state index contributed by atoms with van der Waals surface area (Å²) in [5.74, 6) is 1.53. The lowest BCUT2D eigenvalue weighted by Crippen LogP contribution is -2.51. The van der Waals surface area contributed by atoms with Gasteiger partial charge in [0.05, 0.1) is 11.3 Å². The summed E-state index contributed by atoms with van der Waals surface area (Å²) in [6.45, 7) is 5.45. The van der Waals surface area contributed by atoms with Crippen molar-refractivity contribution in [1.29, 1.82) is 0 Å². The Hall–Kier alpha value is -1.86. The molecule has 2 aromatic heterocycles. The van der Waals surface area contributed by atoms with Crippen LogP contribution in [0.1, 0.15) is 47.5 Å². The standard InChI is InChI=1S/C20H26N4O2S/c1-15-13-16(22-26-15)14-27-19-18(7-4-8-21-19)20(25)24-11-9-23(10-12-24)17-5-2-3-6-17/h4,7-8,13,17H,2-3,5-6,9-12,14H2,1H3. The minimum Gasteiger partial charge on any atom is -0.361 e. The van der Waals surface area contributed by atoms with Gasteiger partial charge in [-0.15, -0.1) is 0 Å². The third-order valence-corrected chi connectivity index (χ3v) is 6.52. The van der Waals surface area contributed by atoms with Crippen molar-refractivity contribution in [1.82, 2.24) is 19.9 Å². The van der Waals surface area contributed by atoms with Crippen LogP contribution in [0.2, 0.25) is 0 Å². The highest BCUT2D eigenvalue weighted by atomic mass is 32.2. The van der Waals surface area contributed by atoms with Crippen molar-refractivity contribution < 1.29 is 9.32 Å². The fourth-order valence-electron chi connectivity index (χ4n) is 4.03. The molecular formula is C20H26N4O2S. The molecule has 2 aliphatic rings. The van der Waals surface area contributed by atoms with Crippen LogP contribution in [0.4, 0.5) is 0 Å². The van der Waals surface area contributed by atoms with Gasteiger partial charge >= 0.3 is 0 Å². The predicted octanol–water partition coefficient (Wildman–Crippen LogP) is 3.37. The van der Waals surface area contributed by atoms with E-state index in [1.165, 1.54) is 37.4 Å². The highest BCUT2D eigenvalue weighted by Gasteiger charge is 2.29. The molecule has 1 amide bonds. The highest BCUT2D eigenvalue weighted by Crippen LogP contribution is 2.27. The fraction of sp³-hybridized carbons (Fsp3) is 0.550. The van der Waals surface area contributed by atoms with Crippen molar-refractivity contribution in [2.75, 3.05) is 26.2 Å². The predicted molar refractivity (Wildman–Crippen MR) is 105 cm³/mol. The molecule has 2 fully saturated rings. The summed E-state index contributed by atoms with van der Waals surface area (Å²) in [6, 6.07) is 6.37. The average molecular weight is 387 g/mol. The molecule has 4 rings (SSSR count). The summed E-state index contributed by atoms with van der Waals surface area (Å²) in [7, 11) is 0. The van der Waals surface area contributed by atoms with E-state index in [9.17, 15) is 4.79 Å². The third kappa shape index (κ3) is 4.35. The van der Waals surface area contributed by atoms with Crippen LogP contribution in [0, 0.1) is 6.92 Å². The van der Waals surface area contributed by atoms with Crippen molar-refractivity contribution in [2.45, 2.75) is 49.4 Å². The molecule has 0 N–H and O–H groups in total. The summed E-state index contributed by atoms with van der Waals surface area (Å²) in [5.41, 5.74) is 1.56. The van der Waals surface area contributed by atoms with Gasteiger partial charge in [0.15, 0.2) is 0 Å². The number of aromatic nitrogens is 2. The van der Waals surface area contributed by atoms with E-state index in [1.807, 2.05) is 30.0 Å². The van der Waals surface area contributed by atoms with Gasteiger partial charge < -0.3 is 9.42 Å². The first-order valence-corrected chi connectivity index (χ1v) is 10.7. The van der Waals surface area contributed by atoms with E-state index in [2.05, 4.69) is 15.0 Å². The minimum atomic E-state index is 0.0907. The molecule has 6 nitrogen and oxygen atoms in total. The monoisotopic (exact) mass is 386 g/mol. The van der Waals surface area contributed by atoms with Gasteiger partial charge in [0, 0.05) is 50.2 Å². The number of carbonyl (C=O) groups is 1. The maximum atomic E-state index is 13.1. The van der Waals surface area contributed by atoms with Crippen LogP contribution in [0.25, 0.3) is 0 Å². The Labute approximate surface area is 164 Å².